The first-order valence-electron chi connectivity index (χ1n) is 9.60. The Morgan fingerprint density at radius 2 is 1.90 bits per heavy atom. The number of amides is 4. The number of hydrogen-bond donors (Lipinski definition) is 2. The summed E-state index contributed by atoms with van der Waals surface area (Å²) in [5, 5.41) is 11.8. The number of benzene rings is 1. The zero-order valence-electron chi connectivity index (χ0n) is 16.1. The van der Waals surface area contributed by atoms with Gasteiger partial charge < -0.3 is 10.4 Å². The minimum Gasteiger partial charge on any atom is -0.481 e. The molecule has 0 bridgehead atoms. The molecule has 9 nitrogen and oxygen atoms in total. The number of piperidine rings is 1. The summed E-state index contributed by atoms with van der Waals surface area (Å²) in [6, 6.07) is 3.94. The van der Waals surface area contributed by atoms with Crippen LogP contribution in [0.25, 0.3) is 0 Å². The molecule has 2 heterocycles. The van der Waals surface area contributed by atoms with Crippen molar-refractivity contribution in [3.63, 3.8) is 0 Å². The van der Waals surface area contributed by atoms with Crippen LogP contribution in [0.1, 0.15) is 59.2 Å². The molecule has 0 aliphatic carbocycles. The molecule has 2 aliphatic heterocycles. The number of hydrogen-bond acceptors (Lipinski definition) is 6. The van der Waals surface area contributed by atoms with Crippen molar-refractivity contribution in [3.8, 4) is 0 Å². The average molecular weight is 401 g/mol. The van der Waals surface area contributed by atoms with Crippen LogP contribution in [0.3, 0.4) is 0 Å². The van der Waals surface area contributed by atoms with E-state index in [1.807, 2.05) is 0 Å². The molecule has 1 saturated heterocycles. The number of likely N-dealkylation sites (tertiary alicyclic amines) is 1. The van der Waals surface area contributed by atoms with Crippen molar-refractivity contribution < 1.29 is 29.1 Å². The quantitative estimate of drug-likeness (QED) is 0.499. The summed E-state index contributed by atoms with van der Waals surface area (Å²) in [6.07, 6.45) is 2.36. The van der Waals surface area contributed by atoms with E-state index in [1.54, 1.807) is 18.2 Å². The molecular weight excluding hydrogens is 378 g/mol. The van der Waals surface area contributed by atoms with Crippen LogP contribution < -0.4 is 5.32 Å². The highest BCUT2D eigenvalue weighted by Crippen LogP contribution is 2.33. The van der Waals surface area contributed by atoms with Gasteiger partial charge in [0.25, 0.3) is 17.7 Å². The normalized spacial score (nSPS) is 19.0. The number of carboxylic acid groups (broad SMARTS) is 1. The number of carbonyl (C=O) groups excluding carboxylic acids is 4. The van der Waals surface area contributed by atoms with Gasteiger partial charge in [-0.1, -0.05) is 12.5 Å². The van der Waals surface area contributed by atoms with Crippen LogP contribution in [0.5, 0.6) is 0 Å². The number of aliphatic carboxylic acids is 1. The van der Waals surface area contributed by atoms with Gasteiger partial charge in [0.05, 0.1) is 11.1 Å². The van der Waals surface area contributed by atoms with Crippen molar-refractivity contribution in [2.24, 2.45) is 0 Å². The fourth-order valence-electron chi connectivity index (χ4n) is 3.67. The van der Waals surface area contributed by atoms with Crippen molar-refractivity contribution >= 4 is 35.3 Å². The summed E-state index contributed by atoms with van der Waals surface area (Å²) in [5.74, 6) is -2.78. The maximum Gasteiger partial charge on any atom is 0.303 e. The van der Waals surface area contributed by atoms with Crippen LogP contribution in [0.2, 0.25) is 0 Å². The van der Waals surface area contributed by atoms with Crippen LogP contribution >= 0.6 is 0 Å². The molecule has 0 aromatic heterocycles. The summed E-state index contributed by atoms with van der Waals surface area (Å²) in [6.45, 7) is 0.525. The minimum absolute atomic E-state index is 0.0990. The molecule has 0 spiro atoms. The van der Waals surface area contributed by atoms with E-state index in [1.165, 1.54) is 7.05 Å². The molecule has 2 aliphatic rings. The van der Waals surface area contributed by atoms with Crippen molar-refractivity contribution in [1.29, 1.82) is 0 Å². The first kappa shape index (κ1) is 20.5. The van der Waals surface area contributed by atoms with Gasteiger partial charge in [0.2, 0.25) is 5.91 Å². The first-order chi connectivity index (χ1) is 13.8. The highest BCUT2D eigenvalue weighted by atomic mass is 16.4. The Kier molecular flexibility index (Phi) is 5.95. The van der Waals surface area contributed by atoms with E-state index < -0.39 is 29.7 Å². The average Bonchev–Trinajstić information content (AvgIpc) is 2.94. The van der Waals surface area contributed by atoms with E-state index >= 15 is 0 Å². The Morgan fingerprint density at radius 3 is 2.62 bits per heavy atom. The van der Waals surface area contributed by atoms with E-state index in [0.717, 1.165) is 22.6 Å². The summed E-state index contributed by atoms with van der Waals surface area (Å²) in [4.78, 5) is 62.5. The SMILES string of the molecule is CN1C(=O)CCC(N2C(=O)c3cccc(NCCCCCC(=O)O)c3C2=O)C1=O. The number of carboxylic acids is 1. The lowest BCUT2D eigenvalue weighted by Gasteiger charge is -2.32. The van der Waals surface area contributed by atoms with Gasteiger partial charge in [-0.25, -0.2) is 0 Å². The molecule has 2 N–H and O–H groups in total. The zero-order chi connectivity index (χ0) is 21.1. The van der Waals surface area contributed by atoms with Gasteiger partial charge in [-0.3, -0.25) is 33.8 Å². The van der Waals surface area contributed by atoms with Crippen molar-refractivity contribution in [1.82, 2.24) is 9.80 Å². The third-order valence-electron chi connectivity index (χ3n) is 5.26. The Labute approximate surface area is 167 Å². The largest absolute Gasteiger partial charge is 0.481 e. The fraction of sp³-hybridized carbons (Fsp3) is 0.450. The molecule has 29 heavy (non-hydrogen) atoms. The number of carbonyl (C=O) groups is 5. The molecular formula is C20H23N3O6. The van der Waals surface area contributed by atoms with Crippen LogP contribution in [-0.2, 0) is 14.4 Å². The molecule has 1 atom stereocenters. The predicted octanol–water partition coefficient (Wildman–Crippen LogP) is 1.49. The molecule has 3 rings (SSSR count). The van der Waals surface area contributed by atoms with Gasteiger partial charge in [0.1, 0.15) is 6.04 Å². The second-order valence-electron chi connectivity index (χ2n) is 7.19. The highest BCUT2D eigenvalue weighted by molar-refractivity contribution is 6.25. The zero-order valence-corrected chi connectivity index (χ0v) is 16.1. The number of fused-ring (bicyclic) bond motifs is 1. The van der Waals surface area contributed by atoms with E-state index in [4.69, 9.17) is 5.11 Å². The van der Waals surface area contributed by atoms with Crippen molar-refractivity contribution in [3.05, 3.63) is 29.3 Å². The summed E-state index contributed by atoms with van der Waals surface area (Å²) >= 11 is 0. The maximum atomic E-state index is 13.0. The smallest absolute Gasteiger partial charge is 0.303 e. The summed E-state index contributed by atoms with van der Waals surface area (Å²) in [5.41, 5.74) is 0.975. The number of rotatable bonds is 8. The van der Waals surface area contributed by atoms with E-state index in [0.29, 0.717) is 18.7 Å². The Balaban J connectivity index is 1.71. The monoisotopic (exact) mass is 401 g/mol. The molecule has 9 heteroatoms. The van der Waals surface area contributed by atoms with Gasteiger partial charge in [-0.2, -0.15) is 0 Å². The predicted molar refractivity (Wildman–Crippen MR) is 102 cm³/mol. The van der Waals surface area contributed by atoms with Gasteiger partial charge >= 0.3 is 5.97 Å². The number of unbranched alkanes of at least 4 members (excludes halogenated alkanes) is 2. The lowest BCUT2D eigenvalue weighted by molar-refractivity contribution is -0.149. The third kappa shape index (κ3) is 3.98. The molecule has 4 amide bonds. The lowest BCUT2D eigenvalue weighted by Crippen LogP contribution is -2.54. The molecule has 154 valence electrons. The Morgan fingerprint density at radius 1 is 1.14 bits per heavy atom. The van der Waals surface area contributed by atoms with Gasteiger partial charge in [0, 0.05) is 32.1 Å². The topological polar surface area (TPSA) is 124 Å². The number of imide groups is 2. The minimum atomic E-state index is -0.978. The van der Waals surface area contributed by atoms with Gasteiger partial charge in [0.15, 0.2) is 0 Å². The summed E-state index contributed by atoms with van der Waals surface area (Å²) < 4.78 is 0. The second-order valence-corrected chi connectivity index (χ2v) is 7.19. The van der Waals surface area contributed by atoms with E-state index in [2.05, 4.69) is 5.32 Å². The van der Waals surface area contributed by atoms with Crippen LogP contribution in [0.15, 0.2) is 18.2 Å². The number of nitrogens with zero attached hydrogens (tertiary/aromatic N) is 2. The molecule has 1 aromatic rings. The van der Waals surface area contributed by atoms with E-state index in [-0.39, 0.29) is 36.3 Å². The van der Waals surface area contributed by atoms with Crippen LogP contribution in [-0.4, -0.2) is 64.1 Å². The molecule has 0 saturated carbocycles. The van der Waals surface area contributed by atoms with Gasteiger partial charge in [-0.15, -0.1) is 0 Å². The Bertz CT molecular complexity index is 881. The highest BCUT2D eigenvalue weighted by Gasteiger charge is 2.46. The molecule has 0 radical (unpaired) electrons. The second kappa shape index (κ2) is 8.42. The van der Waals surface area contributed by atoms with Crippen LogP contribution in [0, 0.1) is 0 Å². The maximum absolute atomic E-state index is 13.0. The van der Waals surface area contributed by atoms with E-state index in [9.17, 15) is 24.0 Å². The molecule has 1 aromatic carbocycles. The molecule has 1 fully saturated rings. The van der Waals surface area contributed by atoms with Crippen molar-refractivity contribution in [2.75, 3.05) is 18.9 Å². The first-order valence-corrected chi connectivity index (χ1v) is 9.60. The number of nitrogens with one attached hydrogen (secondary N) is 1. The third-order valence-corrected chi connectivity index (χ3v) is 5.26. The standard InChI is InChI=1S/C20H23N3O6/c1-22-15(24)10-9-14(19(22)28)23-18(27)12-6-5-7-13(17(12)20(23)29)21-11-4-2-3-8-16(25)26/h5-7,14,21H,2-4,8-11H2,1H3,(H,25,26). The van der Waals surface area contributed by atoms with Gasteiger partial charge in [-0.05, 0) is 31.4 Å². The molecule has 1 unspecified atom stereocenters. The number of anilines is 1. The summed E-state index contributed by atoms with van der Waals surface area (Å²) in [7, 11) is 1.35. The van der Waals surface area contributed by atoms with Crippen molar-refractivity contribution in [2.45, 2.75) is 44.6 Å². The lowest BCUT2D eigenvalue weighted by atomic mass is 10.0. The number of likely N-dealkylation sites (N-methyl/N-ethyl adjacent to an activating group) is 1. The Hall–Kier alpha value is -3.23. The fourth-order valence-corrected chi connectivity index (χ4v) is 3.67. The van der Waals surface area contributed by atoms with Crippen LogP contribution in [0.4, 0.5) is 5.69 Å².